The van der Waals surface area contributed by atoms with Crippen LogP contribution in [0.3, 0.4) is 0 Å². The zero-order valence-electron chi connectivity index (χ0n) is 15.9. The quantitative estimate of drug-likeness (QED) is 0.615. The second-order valence-electron chi connectivity index (χ2n) is 6.31. The molecule has 3 rings (SSSR count). The van der Waals surface area contributed by atoms with E-state index in [1.807, 2.05) is 24.3 Å². The Morgan fingerprint density at radius 3 is 2.61 bits per heavy atom. The summed E-state index contributed by atoms with van der Waals surface area (Å²) in [5.41, 5.74) is 3.04. The van der Waals surface area contributed by atoms with Crippen molar-refractivity contribution in [1.82, 2.24) is 0 Å². The first-order valence-electron chi connectivity index (χ1n) is 9.34. The van der Waals surface area contributed by atoms with Crippen LogP contribution in [0, 0.1) is 0 Å². The summed E-state index contributed by atoms with van der Waals surface area (Å²) in [5.74, 6) is -0.673. The molecule has 0 radical (unpaired) electrons. The van der Waals surface area contributed by atoms with Crippen LogP contribution in [0.1, 0.15) is 22.8 Å². The maximum absolute atomic E-state index is 12.2. The van der Waals surface area contributed by atoms with Gasteiger partial charge in [-0.3, -0.25) is 4.79 Å². The van der Waals surface area contributed by atoms with Crippen molar-refractivity contribution in [3.8, 4) is 0 Å². The van der Waals surface area contributed by atoms with Crippen LogP contribution in [0.25, 0.3) is 6.08 Å². The van der Waals surface area contributed by atoms with Gasteiger partial charge in [0.1, 0.15) is 0 Å². The molecule has 2 aromatic rings. The van der Waals surface area contributed by atoms with E-state index < -0.39 is 5.97 Å². The van der Waals surface area contributed by atoms with E-state index in [4.69, 9.17) is 9.47 Å². The monoisotopic (exact) mass is 380 g/mol. The fourth-order valence-electron chi connectivity index (χ4n) is 2.91. The van der Waals surface area contributed by atoms with E-state index in [2.05, 4.69) is 10.2 Å². The number of benzene rings is 2. The minimum absolute atomic E-state index is 0.265. The summed E-state index contributed by atoms with van der Waals surface area (Å²) in [6.45, 7) is 5.34. The molecule has 0 aliphatic carbocycles. The highest BCUT2D eigenvalue weighted by molar-refractivity contribution is 6.02. The van der Waals surface area contributed by atoms with Gasteiger partial charge in [-0.1, -0.05) is 18.2 Å². The number of morpholine rings is 1. The van der Waals surface area contributed by atoms with Crippen molar-refractivity contribution >= 4 is 29.3 Å². The highest BCUT2D eigenvalue weighted by atomic mass is 16.5. The minimum Gasteiger partial charge on any atom is -0.462 e. The topological polar surface area (TPSA) is 67.9 Å². The lowest BCUT2D eigenvalue weighted by atomic mass is 10.1. The molecule has 1 aliphatic heterocycles. The smallest absolute Gasteiger partial charge is 0.338 e. The van der Waals surface area contributed by atoms with Crippen molar-refractivity contribution in [3.05, 3.63) is 65.7 Å². The SMILES string of the molecule is CCOC(=O)c1cccc(NC(=O)/C=C/c2ccc(N3CCOCC3)cc2)c1. The number of esters is 1. The van der Waals surface area contributed by atoms with Crippen LogP contribution >= 0.6 is 0 Å². The molecule has 6 nitrogen and oxygen atoms in total. The average molecular weight is 380 g/mol. The molecule has 0 unspecified atom stereocenters. The summed E-state index contributed by atoms with van der Waals surface area (Å²) >= 11 is 0. The molecule has 0 bridgehead atoms. The van der Waals surface area contributed by atoms with Crippen molar-refractivity contribution in [1.29, 1.82) is 0 Å². The highest BCUT2D eigenvalue weighted by Crippen LogP contribution is 2.17. The van der Waals surface area contributed by atoms with Gasteiger partial charge < -0.3 is 19.7 Å². The number of ether oxygens (including phenoxy) is 2. The molecule has 2 aromatic carbocycles. The second kappa shape index (κ2) is 9.71. The molecule has 0 saturated carbocycles. The molecule has 1 aliphatic rings. The van der Waals surface area contributed by atoms with Crippen molar-refractivity contribution < 1.29 is 19.1 Å². The Kier molecular flexibility index (Phi) is 6.81. The van der Waals surface area contributed by atoms with E-state index in [9.17, 15) is 9.59 Å². The first-order chi connectivity index (χ1) is 13.7. The summed E-state index contributed by atoms with van der Waals surface area (Å²) in [6, 6.07) is 14.7. The van der Waals surface area contributed by atoms with Crippen molar-refractivity contribution in [3.63, 3.8) is 0 Å². The van der Waals surface area contributed by atoms with E-state index in [1.54, 1.807) is 37.3 Å². The molecule has 6 heteroatoms. The van der Waals surface area contributed by atoms with Gasteiger partial charge in [-0.2, -0.15) is 0 Å². The zero-order chi connectivity index (χ0) is 19.8. The third-order valence-electron chi connectivity index (χ3n) is 4.34. The van der Waals surface area contributed by atoms with Crippen molar-refractivity contribution in [2.45, 2.75) is 6.92 Å². The lowest BCUT2D eigenvalue weighted by molar-refractivity contribution is -0.111. The number of carbonyl (C=O) groups excluding carboxylic acids is 2. The van der Waals surface area contributed by atoms with E-state index in [0.29, 0.717) is 17.9 Å². The van der Waals surface area contributed by atoms with E-state index >= 15 is 0 Å². The van der Waals surface area contributed by atoms with Crippen LogP contribution in [0.15, 0.2) is 54.6 Å². The minimum atomic E-state index is -0.408. The maximum Gasteiger partial charge on any atom is 0.338 e. The Labute approximate surface area is 164 Å². The molecule has 28 heavy (non-hydrogen) atoms. The van der Waals surface area contributed by atoms with Gasteiger partial charge in [-0.15, -0.1) is 0 Å². The lowest BCUT2D eigenvalue weighted by Crippen LogP contribution is -2.36. The first-order valence-corrected chi connectivity index (χ1v) is 9.34. The summed E-state index contributed by atoms with van der Waals surface area (Å²) in [4.78, 5) is 26.2. The number of hydrogen-bond donors (Lipinski definition) is 1. The number of carbonyl (C=O) groups is 2. The van der Waals surface area contributed by atoms with E-state index in [0.717, 1.165) is 37.6 Å². The molecule has 1 heterocycles. The fraction of sp³-hybridized carbons (Fsp3) is 0.273. The van der Waals surface area contributed by atoms with Crippen molar-refractivity contribution in [2.75, 3.05) is 43.1 Å². The Hall–Kier alpha value is -3.12. The van der Waals surface area contributed by atoms with Gasteiger partial charge in [-0.05, 0) is 48.9 Å². The van der Waals surface area contributed by atoms with E-state index in [-0.39, 0.29) is 5.91 Å². The van der Waals surface area contributed by atoms with Gasteiger partial charge in [0.25, 0.3) is 0 Å². The predicted octanol–water partition coefficient (Wildman–Crippen LogP) is 3.35. The molecule has 0 aromatic heterocycles. The number of anilines is 2. The van der Waals surface area contributed by atoms with Crippen LogP contribution in [0.2, 0.25) is 0 Å². The van der Waals surface area contributed by atoms with Gasteiger partial charge in [0.2, 0.25) is 5.91 Å². The molecule has 0 atom stereocenters. The molecule has 1 N–H and O–H groups in total. The summed E-state index contributed by atoms with van der Waals surface area (Å²) in [5, 5.41) is 2.76. The number of rotatable bonds is 6. The summed E-state index contributed by atoms with van der Waals surface area (Å²) in [7, 11) is 0. The van der Waals surface area contributed by atoms with Gasteiger partial charge in [0.05, 0.1) is 25.4 Å². The van der Waals surface area contributed by atoms with Crippen LogP contribution in [-0.4, -0.2) is 44.8 Å². The molecular weight excluding hydrogens is 356 g/mol. The highest BCUT2D eigenvalue weighted by Gasteiger charge is 2.10. The normalized spacial score (nSPS) is 14.1. The summed E-state index contributed by atoms with van der Waals surface area (Å²) < 4.78 is 10.3. The van der Waals surface area contributed by atoms with Gasteiger partial charge in [-0.25, -0.2) is 4.79 Å². The fourth-order valence-corrected chi connectivity index (χ4v) is 2.91. The average Bonchev–Trinajstić information content (AvgIpc) is 2.74. The molecule has 146 valence electrons. The zero-order valence-corrected chi connectivity index (χ0v) is 15.9. The van der Waals surface area contributed by atoms with Gasteiger partial charge in [0, 0.05) is 30.5 Å². The predicted molar refractivity (Wildman–Crippen MR) is 110 cm³/mol. The third kappa shape index (κ3) is 5.44. The lowest BCUT2D eigenvalue weighted by Gasteiger charge is -2.28. The molecule has 0 spiro atoms. The molecule has 1 fully saturated rings. The Balaban J connectivity index is 1.58. The van der Waals surface area contributed by atoms with Crippen LogP contribution < -0.4 is 10.2 Å². The second-order valence-corrected chi connectivity index (χ2v) is 6.31. The van der Waals surface area contributed by atoms with Gasteiger partial charge >= 0.3 is 5.97 Å². The van der Waals surface area contributed by atoms with Crippen molar-refractivity contribution in [2.24, 2.45) is 0 Å². The number of hydrogen-bond acceptors (Lipinski definition) is 5. The number of nitrogens with zero attached hydrogens (tertiary/aromatic N) is 1. The summed E-state index contributed by atoms with van der Waals surface area (Å²) in [6.07, 6.45) is 3.23. The van der Waals surface area contributed by atoms with Crippen LogP contribution in [0.4, 0.5) is 11.4 Å². The van der Waals surface area contributed by atoms with Crippen LogP contribution in [-0.2, 0) is 14.3 Å². The first kappa shape index (κ1) is 19.6. The Bertz CT molecular complexity index is 840. The van der Waals surface area contributed by atoms with Gasteiger partial charge in [0.15, 0.2) is 0 Å². The maximum atomic E-state index is 12.2. The Morgan fingerprint density at radius 1 is 1.14 bits per heavy atom. The molecule has 1 saturated heterocycles. The molecule has 1 amide bonds. The van der Waals surface area contributed by atoms with Crippen LogP contribution in [0.5, 0.6) is 0 Å². The largest absolute Gasteiger partial charge is 0.462 e. The number of amides is 1. The number of nitrogens with one attached hydrogen (secondary N) is 1. The standard InChI is InChI=1S/C22H24N2O4/c1-2-28-22(26)18-4-3-5-19(16-18)23-21(25)11-8-17-6-9-20(10-7-17)24-12-14-27-15-13-24/h3-11,16H,2,12-15H2,1H3,(H,23,25)/b11-8+. The third-order valence-corrected chi connectivity index (χ3v) is 4.34. The molecular formula is C22H24N2O4. The van der Waals surface area contributed by atoms with E-state index in [1.165, 1.54) is 6.08 Å². The Morgan fingerprint density at radius 2 is 1.89 bits per heavy atom.